The van der Waals surface area contributed by atoms with Crippen LogP contribution in [0.2, 0.25) is 0 Å². The molecule has 4 N–H and O–H groups in total. The van der Waals surface area contributed by atoms with Crippen molar-refractivity contribution in [2.45, 2.75) is 58.0 Å². The van der Waals surface area contributed by atoms with E-state index >= 15 is 0 Å². The second kappa shape index (κ2) is 13.2. The van der Waals surface area contributed by atoms with Crippen molar-refractivity contribution < 1.29 is 32.9 Å². The molecule has 1 aliphatic rings. The molecule has 0 spiro atoms. The molecular formula is C30H37N3O7S. The van der Waals surface area contributed by atoms with Crippen molar-refractivity contribution in [3.63, 3.8) is 0 Å². The van der Waals surface area contributed by atoms with Crippen LogP contribution in [0.5, 0.6) is 0 Å². The number of furan rings is 1. The minimum Gasteiger partial charge on any atom is -0.456 e. The topological polar surface area (TPSA) is 156 Å². The van der Waals surface area contributed by atoms with Gasteiger partial charge in [0.15, 0.2) is 4.91 Å². The number of anilines is 1. The molecule has 10 nitrogen and oxygen atoms in total. The van der Waals surface area contributed by atoms with Crippen LogP contribution in [-0.2, 0) is 14.8 Å². The molecular weight excluding hydrogens is 546 g/mol. The van der Waals surface area contributed by atoms with Gasteiger partial charge < -0.3 is 29.4 Å². The van der Waals surface area contributed by atoms with Gasteiger partial charge in [0, 0.05) is 29.9 Å². The molecule has 3 aromatic rings. The standard InChI is InChI=1S/C30H37N3O7S/c1-4-12-33(13-5-2)23-9-8-20-14-22(7-6-21(20)15-23)26-11-10-25(40-26)19(3)28(16-31)41(37,38)32-24-18-39-27(17-34)30(36)29(24)35/h6-11,14-15,24,27,29-30,32,34-36H,4-5,12-13,17-18H2,1-3H3/b28-19+/t24-,27+,29+,30+/m0/s1. The Balaban J connectivity index is 1.57. The van der Waals surface area contributed by atoms with Gasteiger partial charge in [-0.1, -0.05) is 32.0 Å². The van der Waals surface area contributed by atoms with E-state index in [-0.39, 0.29) is 17.9 Å². The number of ether oxygens (including phenoxy) is 1. The Morgan fingerprint density at radius 1 is 1.05 bits per heavy atom. The molecule has 1 fully saturated rings. The number of nitriles is 1. The summed E-state index contributed by atoms with van der Waals surface area (Å²) >= 11 is 0. The van der Waals surface area contributed by atoms with Gasteiger partial charge in [0.2, 0.25) is 0 Å². The zero-order valence-electron chi connectivity index (χ0n) is 23.4. The largest absolute Gasteiger partial charge is 0.456 e. The number of fused-ring (bicyclic) bond motifs is 1. The van der Waals surface area contributed by atoms with E-state index in [0.29, 0.717) is 5.76 Å². The van der Waals surface area contributed by atoms with Crippen LogP contribution in [0.25, 0.3) is 27.7 Å². The number of hydrogen-bond donors (Lipinski definition) is 4. The third kappa shape index (κ3) is 6.64. The fourth-order valence-electron chi connectivity index (χ4n) is 5.05. The summed E-state index contributed by atoms with van der Waals surface area (Å²) in [5.74, 6) is 0.716. The van der Waals surface area contributed by atoms with Crippen molar-refractivity contribution in [1.29, 1.82) is 5.26 Å². The fourth-order valence-corrected chi connectivity index (χ4v) is 6.40. The van der Waals surface area contributed by atoms with Gasteiger partial charge in [-0.2, -0.15) is 5.26 Å². The summed E-state index contributed by atoms with van der Waals surface area (Å²) in [7, 11) is -4.41. The predicted molar refractivity (Wildman–Crippen MR) is 157 cm³/mol. The van der Waals surface area contributed by atoms with Crippen molar-refractivity contribution >= 4 is 32.1 Å². The number of rotatable bonds is 11. The van der Waals surface area contributed by atoms with Gasteiger partial charge in [0.25, 0.3) is 10.0 Å². The van der Waals surface area contributed by atoms with E-state index in [1.54, 1.807) is 18.2 Å². The highest BCUT2D eigenvalue weighted by atomic mass is 32.2. The van der Waals surface area contributed by atoms with Crippen LogP contribution in [0.1, 0.15) is 39.4 Å². The summed E-state index contributed by atoms with van der Waals surface area (Å²) in [6, 6.07) is 16.2. The van der Waals surface area contributed by atoms with E-state index in [2.05, 4.69) is 41.7 Å². The first-order valence-corrected chi connectivity index (χ1v) is 15.2. The lowest BCUT2D eigenvalue weighted by Crippen LogP contribution is -2.59. The number of aliphatic hydroxyl groups is 3. The van der Waals surface area contributed by atoms with Gasteiger partial charge >= 0.3 is 0 Å². The van der Waals surface area contributed by atoms with Gasteiger partial charge in [-0.05, 0) is 60.9 Å². The van der Waals surface area contributed by atoms with Crippen LogP contribution in [0.3, 0.4) is 0 Å². The van der Waals surface area contributed by atoms with E-state index in [1.165, 1.54) is 12.6 Å². The quantitative estimate of drug-likeness (QED) is 0.249. The molecule has 0 saturated carbocycles. The number of hydrogen-bond acceptors (Lipinski definition) is 9. The van der Waals surface area contributed by atoms with Crippen molar-refractivity contribution in [3.8, 4) is 17.4 Å². The first kappa shape index (κ1) is 30.7. The zero-order chi connectivity index (χ0) is 29.7. The minimum absolute atomic E-state index is 0.0867. The number of sulfonamides is 1. The normalized spacial score (nSPS) is 21.9. The summed E-state index contributed by atoms with van der Waals surface area (Å²) in [4.78, 5) is 1.80. The maximum atomic E-state index is 13.1. The Bertz CT molecular complexity index is 1540. The summed E-state index contributed by atoms with van der Waals surface area (Å²) in [5.41, 5.74) is 2.07. The molecule has 4 rings (SSSR count). The summed E-state index contributed by atoms with van der Waals surface area (Å²) in [5, 5.41) is 41.5. The number of nitrogens with one attached hydrogen (secondary N) is 1. The van der Waals surface area contributed by atoms with Crippen LogP contribution in [0.4, 0.5) is 5.69 Å². The highest BCUT2D eigenvalue weighted by Gasteiger charge is 2.40. The first-order valence-electron chi connectivity index (χ1n) is 13.7. The Morgan fingerprint density at radius 2 is 1.73 bits per heavy atom. The van der Waals surface area contributed by atoms with Crippen molar-refractivity contribution in [3.05, 3.63) is 59.2 Å². The Hall–Kier alpha value is -3.24. The van der Waals surface area contributed by atoms with E-state index < -0.39 is 45.9 Å². The molecule has 1 aliphatic heterocycles. The van der Waals surface area contributed by atoms with E-state index in [0.717, 1.165) is 42.3 Å². The van der Waals surface area contributed by atoms with E-state index in [1.807, 2.05) is 18.2 Å². The Morgan fingerprint density at radius 3 is 2.39 bits per heavy atom. The lowest BCUT2D eigenvalue weighted by Gasteiger charge is -2.36. The molecule has 0 amide bonds. The summed E-state index contributed by atoms with van der Waals surface area (Å²) in [6.07, 6.45) is -1.92. The molecule has 0 radical (unpaired) electrons. The third-order valence-corrected chi connectivity index (χ3v) is 8.81. The van der Waals surface area contributed by atoms with Crippen LogP contribution in [0.15, 0.2) is 57.9 Å². The van der Waals surface area contributed by atoms with Crippen molar-refractivity contribution in [1.82, 2.24) is 4.72 Å². The van der Waals surface area contributed by atoms with Crippen molar-refractivity contribution in [2.24, 2.45) is 0 Å². The summed E-state index contributed by atoms with van der Waals surface area (Å²) in [6.45, 7) is 6.98. The highest BCUT2D eigenvalue weighted by molar-refractivity contribution is 7.93. The minimum atomic E-state index is -4.41. The zero-order valence-corrected chi connectivity index (χ0v) is 24.3. The smallest absolute Gasteiger partial charge is 0.251 e. The lowest BCUT2D eigenvalue weighted by molar-refractivity contribution is -0.158. The molecule has 0 bridgehead atoms. The number of allylic oxidation sites excluding steroid dienone is 2. The Labute approximate surface area is 240 Å². The van der Waals surface area contributed by atoms with Gasteiger partial charge in [0.1, 0.15) is 35.9 Å². The molecule has 1 aromatic heterocycles. The number of nitrogens with zero attached hydrogens (tertiary/aromatic N) is 2. The second-order valence-corrected chi connectivity index (χ2v) is 11.9. The van der Waals surface area contributed by atoms with Crippen molar-refractivity contribution in [2.75, 3.05) is 31.2 Å². The van der Waals surface area contributed by atoms with Gasteiger partial charge in [-0.25, -0.2) is 13.1 Å². The van der Waals surface area contributed by atoms with E-state index in [4.69, 9.17) is 9.15 Å². The molecule has 41 heavy (non-hydrogen) atoms. The Kier molecular flexibility index (Phi) is 9.86. The fraction of sp³-hybridized carbons (Fsp3) is 0.433. The molecule has 11 heteroatoms. The van der Waals surface area contributed by atoms with Gasteiger partial charge in [-0.3, -0.25) is 0 Å². The SMILES string of the molecule is CCCN(CCC)c1ccc2cc(-c3ccc(/C(C)=C(\C#N)S(=O)(=O)N[C@H]4CO[C@H](CO)[C@@H](O)[C@@H]4O)o3)ccc2c1. The highest BCUT2D eigenvalue weighted by Crippen LogP contribution is 2.32. The molecule has 220 valence electrons. The van der Waals surface area contributed by atoms with E-state index in [9.17, 15) is 29.0 Å². The number of aliphatic hydroxyl groups excluding tert-OH is 3. The van der Waals surface area contributed by atoms with Crippen LogP contribution in [-0.4, -0.2) is 74.4 Å². The van der Waals surface area contributed by atoms with Gasteiger partial charge in [0.05, 0.1) is 19.3 Å². The molecule has 0 unspecified atom stereocenters. The third-order valence-electron chi connectivity index (χ3n) is 7.27. The maximum absolute atomic E-state index is 13.1. The lowest BCUT2D eigenvalue weighted by atomic mass is 9.99. The van der Waals surface area contributed by atoms with Crippen LogP contribution in [0, 0.1) is 11.3 Å². The van der Waals surface area contributed by atoms with Crippen LogP contribution >= 0.6 is 0 Å². The first-order chi connectivity index (χ1) is 19.6. The average molecular weight is 584 g/mol. The monoisotopic (exact) mass is 583 g/mol. The molecule has 1 saturated heterocycles. The summed E-state index contributed by atoms with van der Waals surface area (Å²) < 4.78 is 39.7. The average Bonchev–Trinajstić information content (AvgIpc) is 3.46. The van der Waals surface area contributed by atoms with Crippen LogP contribution < -0.4 is 9.62 Å². The molecule has 0 aliphatic carbocycles. The molecule has 4 atom stereocenters. The molecule has 2 heterocycles. The number of benzene rings is 2. The predicted octanol–water partition coefficient (Wildman–Crippen LogP) is 3.38. The van der Waals surface area contributed by atoms with Gasteiger partial charge in [-0.15, -0.1) is 0 Å². The second-order valence-electron chi connectivity index (χ2n) is 10.2. The molecule has 2 aromatic carbocycles. The maximum Gasteiger partial charge on any atom is 0.251 e.